The molecular weight excluding hydrogens is 111 g/mol. The molecule has 7 heavy (non-hydrogen) atoms. The van der Waals surface area contributed by atoms with Crippen LogP contribution in [-0.4, -0.2) is 0 Å². The van der Waals surface area contributed by atoms with Crippen LogP contribution < -0.4 is 51.4 Å². The SMILES string of the molecule is [H-].[K+].c1ccccc1. The van der Waals surface area contributed by atoms with Crippen LogP contribution in [0.2, 0.25) is 0 Å². The molecule has 0 saturated carbocycles. The fourth-order valence-corrected chi connectivity index (χ4v) is 0.385. The summed E-state index contributed by atoms with van der Waals surface area (Å²) in [7, 11) is 0. The maximum Gasteiger partial charge on any atom is 1.00 e. The second-order valence-corrected chi connectivity index (χ2v) is 1.15. The monoisotopic (exact) mass is 118 g/mol. The van der Waals surface area contributed by atoms with Gasteiger partial charge in [-0.05, 0) is 0 Å². The molecular formula is C6H7K. The van der Waals surface area contributed by atoms with Crippen LogP contribution in [0.25, 0.3) is 0 Å². The number of hydrogen-bond acceptors (Lipinski definition) is 0. The Hall–Kier alpha value is 0.856. The molecule has 0 aliphatic heterocycles. The van der Waals surface area contributed by atoms with Gasteiger partial charge in [-0.1, -0.05) is 36.4 Å². The second kappa shape index (κ2) is 5.00. The summed E-state index contributed by atoms with van der Waals surface area (Å²) in [5, 5.41) is 0. The summed E-state index contributed by atoms with van der Waals surface area (Å²) in [5.74, 6) is 0. The first-order chi connectivity index (χ1) is 3.00. The van der Waals surface area contributed by atoms with Gasteiger partial charge < -0.3 is 1.43 Å². The summed E-state index contributed by atoms with van der Waals surface area (Å²) >= 11 is 0. The third-order valence-corrected chi connectivity index (χ3v) is 0.667. The summed E-state index contributed by atoms with van der Waals surface area (Å²) in [4.78, 5) is 0. The standard InChI is InChI=1S/C6H6.K.H/c1-2-4-6-5-3-1;;/h1-6H;;/q;+1;-1. The Balaban J connectivity index is 0. The van der Waals surface area contributed by atoms with Crippen molar-refractivity contribution in [2.75, 3.05) is 0 Å². The largest absolute Gasteiger partial charge is 1.00 e. The molecule has 0 bridgehead atoms. The molecule has 1 aromatic carbocycles. The van der Waals surface area contributed by atoms with Crippen molar-refractivity contribution in [1.82, 2.24) is 0 Å². The van der Waals surface area contributed by atoms with Crippen molar-refractivity contribution in [2.45, 2.75) is 0 Å². The predicted molar refractivity (Wildman–Crippen MR) is 27.6 cm³/mol. The van der Waals surface area contributed by atoms with E-state index in [0.717, 1.165) is 0 Å². The fraction of sp³-hybridized carbons (Fsp3) is 0. The summed E-state index contributed by atoms with van der Waals surface area (Å²) in [5.41, 5.74) is 0. The van der Waals surface area contributed by atoms with Gasteiger partial charge in [-0.2, -0.15) is 0 Å². The minimum atomic E-state index is 0. The van der Waals surface area contributed by atoms with E-state index in [1.807, 2.05) is 36.4 Å². The zero-order valence-electron chi connectivity index (χ0n) is 5.46. The van der Waals surface area contributed by atoms with Gasteiger partial charge >= 0.3 is 51.4 Å². The Morgan fingerprint density at radius 2 is 0.714 bits per heavy atom. The van der Waals surface area contributed by atoms with Gasteiger partial charge in [-0.25, -0.2) is 0 Å². The van der Waals surface area contributed by atoms with Crippen LogP contribution in [0.15, 0.2) is 36.4 Å². The minimum absolute atomic E-state index is 0. The van der Waals surface area contributed by atoms with Crippen molar-refractivity contribution in [1.29, 1.82) is 0 Å². The van der Waals surface area contributed by atoms with E-state index in [4.69, 9.17) is 0 Å². The van der Waals surface area contributed by atoms with E-state index >= 15 is 0 Å². The molecule has 0 radical (unpaired) electrons. The molecule has 0 spiro atoms. The van der Waals surface area contributed by atoms with E-state index in [0.29, 0.717) is 0 Å². The molecule has 1 aromatic rings. The van der Waals surface area contributed by atoms with E-state index in [9.17, 15) is 0 Å². The number of hydrogen-bond donors (Lipinski definition) is 0. The summed E-state index contributed by atoms with van der Waals surface area (Å²) < 4.78 is 0. The van der Waals surface area contributed by atoms with Crippen LogP contribution in [0.4, 0.5) is 0 Å². The summed E-state index contributed by atoms with van der Waals surface area (Å²) in [6, 6.07) is 12.0. The first-order valence-corrected chi connectivity index (χ1v) is 2.00. The van der Waals surface area contributed by atoms with Crippen molar-refractivity contribution in [2.24, 2.45) is 0 Å². The first-order valence-electron chi connectivity index (χ1n) is 2.00. The Kier molecular flexibility index (Phi) is 5.61. The molecule has 0 heterocycles. The number of benzene rings is 1. The van der Waals surface area contributed by atoms with Gasteiger partial charge in [-0.15, -0.1) is 0 Å². The van der Waals surface area contributed by atoms with E-state index in [-0.39, 0.29) is 52.8 Å². The third-order valence-electron chi connectivity index (χ3n) is 0.667. The zero-order chi connectivity index (χ0) is 4.24. The molecule has 0 atom stereocenters. The molecule has 1 rings (SSSR count). The van der Waals surface area contributed by atoms with Gasteiger partial charge in [0, 0.05) is 0 Å². The predicted octanol–water partition coefficient (Wildman–Crippen LogP) is -1.20. The minimum Gasteiger partial charge on any atom is -1.00 e. The Labute approximate surface area is 87.8 Å². The maximum absolute atomic E-state index is 2.00. The molecule has 0 amide bonds. The molecule has 0 aromatic heterocycles. The zero-order valence-corrected chi connectivity index (χ0v) is 7.59. The van der Waals surface area contributed by atoms with Crippen molar-refractivity contribution in [3.05, 3.63) is 36.4 Å². The van der Waals surface area contributed by atoms with Gasteiger partial charge in [0.25, 0.3) is 0 Å². The molecule has 1 heteroatoms. The van der Waals surface area contributed by atoms with Gasteiger partial charge in [0.1, 0.15) is 0 Å². The average molecular weight is 118 g/mol. The Morgan fingerprint density at radius 1 is 0.571 bits per heavy atom. The van der Waals surface area contributed by atoms with Crippen LogP contribution in [0.1, 0.15) is 1.43 Å². The van der Waals surface area contributed by atoms with Crippen LogP contribution in [0, 0.1) is 0 Å². The quantitative estimate of drug-likeness (QED) is 0.376. The van der Waals surface area contributed by atoms with E-state index in [1.54, 1.807) is 0 Å². The molecule has 0 aliphatic rings. The van der Waals surface area contributed by atoms with Crippen molar-refractivity contribution in [3.8, 4) is 0 Å². The molecule has 0 aliphatic carbocycles. The average Bonchev–Trinajstić information content (AvgIpc) is 1.72. The van der Waals surface area contributed by atoms with E-state index < -0.39 is 0 Å². The fourth-order valence-electron chi connectivity index (χ4n) is 0.385. The van der Waals surface area contributed by atoms with Crippen LogP contribution in [-0.2, 0) is 0 Å². The van der Waals surface area contributed by atoms with Gasteiger partial charge in [0.05, 0.1) is 0 Å². The molecule has 0 fully saturated rings. The van der Waals surface area contributed by atoms with E-state index in [1.165, 1.54) is 0 Å². The van der Waals surface area contributed by atoms with Gasteiger partial charge in [-0.3, -0.25) is 0 Å². The Bertz CT molecular complexity index is 80.5. The first kappa shape index (κ1) is 7.86. The normalized spacial score (nSPS) is 6.86. The Morgan fingerprint density at radius 3 is 0.857 bits per heavy atom. The van der Waals surface area contributed by atoms with Gasteiger partial charge in [0.2, 0.25) is 0 Å². The number of rotatable bonds is 0. The van der Waals surface area contributed by atoms with Crippen LogP contribution in [0.5, 0.6) is 0 Å². The molecule has 0 saturated heterocycles. The molecule has 0 nitrogen and oxygen atoms in total. The van der Waals surface area contributed by atoms with Gasteiger partial charge in [0.15, 0.2) is 0 Å². The molecule has 0 unspecified atom stereocenters. The topological polar surface area (TPSA) is 0 Å². The molecule has 0 N–H and O–H groups in total. The van der Waals surface area contributed by atoms with Crippen molar-refractivity contribution in [3.63, 3.8) is 0 Å². The van der Waals surface area contributed by atoms with Crippen molar-refractivity contribution >= 4 is 0 Å². The second-order valence-electron chi connectivity index (χ2n) is 1.15. The van der Waals surface area contributed by atoms with Crippen LogP contribution in [0.3, 0.4) is 0 Å². The van der Waals surface area contributed by atoms with E-state index in [2.05, 4.69) is 0 Å². The summed E-state index contributed by atoms with van der Waals surface area (Å²) in [6.07, 6.45) is 0. The van der Waals surface area contributed by atoms with Crippen LogP contribution >= 0.6 is 0 Å². The van der Waals surface area contributed by atoms with Crippen molar-refractivity contribution < 1.29 is 52.8 Å². The third kappa shape index (κ3) is 3.44. The smallest absolute Gasteiger partial charge is 1.00 e. The summed E-state index contributed by atoms with van der Waals surface area (Å²) in [6.45, 7) is 0. The molecule has 32 valence electrons. The maximum atomic E-state index is 2.00.